The van der Waals surface area contributed by atoms with E-state index in [1.165, 1.54) is 24.3 Å². The van der Waals surface area contributed by atoms with Crippen LogP contribution in [0.5, 0.6) is 5.75 Å². The molecule has 1 aromatic heterocycles. The first kappa shape index (κ1) is 19.5. The largest absolute Gasteiger partial charge is 0.484 e. The maximum Gasteiger partial charge on any atom is 0.261 e. The molecule has 2 aromatic carbocycles. The fraction of sp³-hybridized carbons (Fsp3) is 0.273. The molecule has 5 nitrogen and oxygen atoms in total. The lowest BCUT2D eigenvalue weighted by Gasteiger charge is -2.22. The molecule has 0 radical (unpaired) electrons. The number of hydrogen-bond acceptors (Lipinski definition) is 4. The van der Waals surface area contributed by atoms with E-state index in [0.29, 0.717) is 35.4 Å². The van der Waals surface area contributed by atoms with E-state index in [4.69, 9.17) is 20.8 Å². The minimum Gasteiger partial charge on any atom is -0.484 e. The summed E-state index contributed by atoms with van der Waals surface area (Å²) in [5, 5.41) is 0.682. The van der Waals surface area contributed by atoms with Crippen molar-refractivity contribution in [2.24, 2.45) is 0 Å². The van der Waals surface area contributed by atoms with Crippen LogP contribution in [0.2, 0.25) is 5.02 Å². The van der Waals surface area contributed by atoms with Crippen LogP contribution < -0.4 is 4.74 Å². The maximum atomic E-state index is 13.0. The third-order valence-corrected chi connectivity index (χ3v) is 5.30. The third kappa shape index (κ3) is 4.59. The van der Waals surface area contributed by atoms with Gasteiger partial charge in [-0.2, -0.15) is 0 Å². The molecule has 1 amide bonds. The number of rotatable bonds is 6. The molecule has 0 N–H and O–H groups in total. The molecule has 7 heteroatoms. The lowest BCUT2D eigenvalue weighted by molar-refractivity contribution is -0.134. The van der Waals surface area contributed by atoms with Crippen LogP contribution in [0.3, 0.4) is 0 Å². The van der Waals surface area contributed by atoms with Gasteiger partial charge < -0.3 is 14.1 Å². The predicted molar refractivity (Wildman–Crippen MR) is 106 cm³/mol. The first-order valence-electron chi connectivity index (χ1n) is 9.46. The maximum absolute atomic E-state index is 13.0. The van der Waals surface area contributed by atoms with Gasteiger partial charge in [-0.05, 0) is 48.7 Å². The van der Waals surface area contributed by atoms with Crippen molar-refractivity contribution >= 4 is 17.5 Å². The SMILES string of the molecule is O=C(COc1ccc(F)cc1)N1CCC[C@H]1c1ncc(Cc2ccccc2Cl)o1. The van der Waals surface area contributed by atoms with E-state index in [9.17, 15) is 9.18 Å². The molecular weight excluding hydrogens is 395 g/mol. The van der Waals surface area contributed by atoms with Crippen molar-refractivity contribution in [2.45, 2.75) is 25.3 Å². The molecule has 0 unspecified atom stereocenters. The normalized spacial score (nSPS) is 16.2. The molecule has 1 fully saturated rings. The second-order valence-electron chi connectivity index (χ2n) is 6.92. The second kappa shape index (κ2) is 8.66. The quantitative estimate of drug-likeness (QED) is 0.581. The first-order chi connectivity index (χ1) is 14.1. The van der Waals surface area contributed by atoms with Gasteiger partial charge in [-0.3, -0.25) is 4.79 Å². The number of hydrogen-bond donors (Lipinski definition) is 0. The molecular formula is C22H20ClFN2O3. The van der Waals surface area contributed by atoms with Gasteiger partial charge in [0.2, 0.25) is 5.89 Å². The average Bonchev–Trinajstić information content (AvgIpc) is 3.38. The molecule has 0 bridgehead atoms. The van der Waals surface area contributed by atoms with Gasteiger partial charge in [-0.25, -0.2) is 9.37 Å². The smallest absolute Gasteiger partial charge is 0.261 e. The Hall–Kier alpha value is -2.86. The van der Waals surface area contributed by atoms with Crippen molar-refractivity contribution in [3.8, 4) is 5.75 Å². The molecule has 3 aromatic rings. The van der Waals surface area contributed by atoms with E-state index < -0.39 is 0 Å². The monoisotopic (exact) mass is 414 g/mol. The van der Waals surface area contributed by atoms with Crippen molar-refractivity contribution in [2.75, 3.05) is 13.2 Å². The second-order valence-corrected chi connectivity index (χ2v) is 7.33. The Balaban J connectivity index is 1.40. The van der Waals surface area contributed by atoms with Gasteiger partial charge in [0.15, 0.2) is 6.61 Å². The third-order valence-electron chi connectivity index (χ3n) is 4.93. The highest BCUT2D eigenvalue weighted by Crippen LogP contribution is 2.32. The number of benzene rings is 2. The Morgan fingerprint density at radius 2 is 2.03 bits per heavy atom. The number of likely N-dealkylation sites (tertiary alicyclic amines) is 1. The highest BCUT2D eigenvalue weighted by Gasteiger charge is 2.33. The van der Waals surface area contributed by atoms with Crippen molar-refractivity contribution < 1.29 is 18.3 Å². The van der Waals surface area contributed by atoms with Gasteiger partial charge in [0.05, 0.1) is 6.20 Å². The van der Waals surface area contributed by atoms with Crippen molar-refractivity contribution in [1.82, 2.24) is 9.88 Å². The van der Waals surface area contributed by atoms with E-state index in [1.54, 1.807) is 11.1 Å². The van der Waals surface area contributed by atoms with Gasteiger partial charge in [0, 0.05) is 18.0 Å². The zero-order valence-corrected chi connectivity index (χ0v) is 16.4. The summed E-state index contributed by atoms with van der Waals surface area (Å²) in [4.78, 5) is 18.8. The molecule has 0 saturated carbocycles. The molecule has 0 aliphatic carbocycles. The van der Waals surface area contributed by atoms with Crippen LogP contribution in [-0.2, 0) is 11.2 Å². The van der Waals surface area contributed by atoms with E-state index in [1.807, 2.05) is 24.3 Å². The topological polar surface area (TPSA) is 55.6 Å². The van der Waals surface area contributed by atoms with Crippen LogP contribution in [0, 0.1) is 5.82 Å². The lowest BCUT2D eigenvalue weighted by atomic mass is 10.1. The average molecular weight is 415 g/mol. The molecule has 29 heavy (non-hydrogen) atoms. The summed E-state index contributed by atoms with van der Waals surface area (Å²) in [6, 6.07) is 13.0. The number of amides is 1. The number of ether oxygens (including phenoxy) is 1. The molecule has 1 atom stereocenters. The number of aromatic nitrogens is 1. The minimum atomic E-state index is -0.347. The van der Waals surface area contributed by atoms with Gasteiger partial charge in [0.25, 0.3) is 5.91 Å². The molecule has 1 aliphatic rings. The van der Waals surface area contributed by atoms with Gasteiger partial charge >= 0.3 is 0 Å². The summed E-state index contributed by atoms with van der Waals surface area (Å²) >= 11 is 6.22. The molecule has 150 valence electrons. The van der Waals surface area contributed by atoms with E-state index >= 15 is 0 Å². The van der Waals surface area contributed by atoms with Crippen LogP contribution in [0.4, 0.5) is 4.39 Å². The van der Waals surface area contributed by atoms with Gasteiger partial charge in [-0.1, -0.05) is 29.8 Å². The van der Waals surface area contributed by atoms with Crippen LogP contribution in [-0.4, -0.2) is 28.9 Å². The first-order valence-corrected chi connectivity index (χ1v) is 9.84. The number of carbonyl (C=O) groups excluding carboxylic acids is 1. The van der Waals surface area contributed by atoms with Crippen molar-refractivity contribution in [3.05, 3.63) is 82.8 Å². The predicted octanol–water partition coefficient (Wildman–Crippen LogP) is 4.80. The van der Waals surface area contributed by atoms with Crippen LogP contribution in [0.1, 0.15) is 36.1 Å². The summed E-state index contributed by atoms with van der Waals surface area (Å²) in [6.07, 6.45) is 3.89. The number of oxazole rings is 1. The molecule has 0 spiro atoms. The van der Waals surface area contributed by atoms with E-state index in [0.717, 1.165) is 18.4 Å². The van der Waals surface area contributed by atoms with Gasteiger partial charge in [0.1, 0.15) is 23.4 Å². The summed E-state index contributed by atoms with van der Waals surface area (Å²) in [6.45, 7) is 0.508. The highest BCUT2D eigenvalue weighted by molar-refractivity contribution is 6.31. The summed E-state index contributed by atoms with van der Waals surface area (Å²) in [7, 11) is 0. The van der Waals surface area contributed by atoms with Crippen LogP contribution >= 0.6 is 11.6 Å². The molecule has 1 aliphatic heterocycles. The van der Waals surface area contributed by atoms with Crippen molar-refractivity contribution in [1.29, 1.82) is 0 Å². The zero-order valence-electron chi connectivity index (χ0n) is 15.7. The zero-order chi connectivity index (χ0) is 20.2. The Morgan fingerprint density at radius 1 is 1.24 bits per heavy atom. The van der Waals surface area contributed by atoms with Crippen LogP contribution in [0.25, 0.3) is 0 Å². The minimum absolute atomic E-state index is 0.116. The fourth-order valence-electron chi connectivity index (χ4n) is 3.47. The number of halogens is 2. The van der Waals surface area contributed by atoms with Crippen molar-refractivity contribution in [3.63, 3.8) is 0 Å². The summed E-state index contributed by atoms with van der Waals surface area (Å²) < 4.78 is 24.4. The number of nitrogens with zero attached hydrogens (tertiary/aromatic N) is 2. The molecule has 4 rings (SSSR count). The standard InChI is InChI=1S/C22H20ClFN2O3/c23-19-5-2-1-4-15(19)12-18-13-25-22(29-18)20-6-3-11-26(20)21(27)14-28-17-9-7-16(24)8-10-17/h1-2,4-5,7-10,13,20H,3,6,11-12,14H2/t20-/m0/s1. The molecule has 1 saturated heterocycles. The Labute approximate surface area is 173 Å². The lowest BCUT2D eigenvalue weighted by Crippen LogP contribution is -2.34. The highest BCUT2D eigenvalue weighted by atomic mass is 35.5. The summed E-state index contributed by atoms with van der Waals surface area (Å²) in [5.74, 6) is 1.19. The number of carbonyl (C=O) groups is 1. The van der Waals surface area contributed by atoms with Crippen LogP contribution in [0.15, 0.2) is 59.1 Å². The fourth-order valence-corrected chi connectivity index (χ4v) is 3.67. The Kier molecular flexibility index (Phi) is 5.81. The van der Waals surface area contributed by atoms with E-state index in [-0.39, 0.29) is 24.4 Å². The Morgan fingerprint density at radius 3 is 2.83 bits per heavy atom. The summed E-state index contributed by atoms with van der Waals surface area (Å²) in [5.41, 5.74) is 0.962. The van der Waals surface area contributed by atoms with Gasteiger partial charge in [-0.15, -0.1) is 0 Å². The molecule has 2 heterocycles. The van der Waals surface area contributed by atoms with E-state index in [2.05, 4.69) is 4.98 Å². The Bertz CT molecular complexity index is 990.